The second-order valence-electron chi connectivity index (χ2n) is 6.07. The molecule has 1 aromatic rings. The molecule has 0 radical (unpaired) electrons. The molecule has 1 atom stereocenters. The van der Waals surface area contributed by atoms with Gasteiger partial charge in [-0.3, -0.25) is 10.0 Å². The first-order valence-corrected chi connectivity index (χ1v) is 10.6. The van der Waals surface area contributed by atoms with Crippen molar-refractivity contribution < 1.29 is 18.4 Å². The summed E-state index contributed by atoms with van der Waals surface area (Å²) in [7, 11) is -3.69. The van der Waals surface area contributed by atoms with Crippen LogP contribution < -0.4 is 4.90 Å². The number of unbranched alkanes of at least 4 members (excludes halogenated alkanes) is 1. The van der Waals surface area contributed by atoms with Crippen LogP contribution >= 0.6 is 11.6 Å². The van der Waals surface area contributed by atoms with Crippen LogP contribution in [0.5, 0.6) is 0 Å². The van der Waals surface area contributed by atoms with Crippen LogP contribution in [0.2, 0.25) is 5.02 Å². The van der Waals surface area contributed by atoms with Gasteiger partial charge in [0.25, 0.3) is 0 Å². The van der Waals surface area contributed by atoms with E-state index in [1.165, 1.54) is 4.31 Å². The zero-order valence-electron chi connectivity index (χ0n) is 15.1. The van der Waals surface area contributed by atoms with Crippen LogP contribution in [0.15, 0.2) is 18.3 Å². The molecule has 148 valence electrons. The lowest BCUT2D eigenvalue weighted by molar-refractivity contribution is -0.153. The smallest absolute Gasteiger partial charge is 0.234 e. The van der Waals surface area contributed by atoms with Crippen molar-refractivity contribution in [2.24, 2.45) is 0 Å². The summed E-state index contributed by atoms with van der Waals surface area (Å²) in [5, 5.41) is 10.5. The summed E-state index contributed by atoms with van der Waals surface area (Å²) in [6, 6.07) is 2.44. The minimum Gasteiger partial charge on any atom is -0.354 e. The Kier molecular flexibility index (Phi) is 7.86. The highest BCUT2D eigenvalue weighted by atomic mass is 35.5. The Balaban J connectivity index is 2.01. The van der Waals surface area contributed by atoms with Gasteiger partial charge >= 0.3 is 0 Å². The molecule has 1 unspecified atom stereocenters. The van der Waals surface area contributed by atoms with Gasteiger partial charge in [-0.15, -0.1) is 5.92 Å². The van der Waals surface area contributed by atoms with Crippen molar-refractivity contribution in [1.82, 2.24) is 14.4 Å². The molecule has 0 bridgehead atoms. The molecule has 0 spiro atoms. The number of pyridine rings is 1. The van der Waals surface area contributed by atoms with Crippen molar-refractivity contribution in [1.29, 1.82) is 0 Å². The number of halogens is 1. The van der Waals surface area contributed by atoms with Gasteiger partial charge in [0.05, 0.1) is 10.8 Å². The van der Waals surface area contributed by atoms with E-state index in [-0.39, 0.29) is 19.5 Å². The standard InChI is InChI=1S/C17H23ClN4O4S/c1-2-3-4-5-16(22(24)14-23)13-27(25,26)21-10-8-20(9-11-21)17-7-6-15(18)12-19-17/h6-7,12,14,16,24H,2-3,8-11,13H2,1H3. The number of carbonyl (C=O) groups excluding carboxylic acids is 1. The van der Waals surface area contributed by atoms with Crippen LogP contribution in [-0.2, 0) is 14.8 Å². The van der Waals surface area contributed by atoms with E-state index in [0.717, 1.165) is 12.2 Å². The molecule has 0 saturated carbocycles. The Labute approximate surface area is 164 Å². The van der Waals surface area contributed by atoms with Crippen molar-refractivity contribution >= 4 is 33.9 Å². The van der Waals surface area contributed by atoms with Crippen molar-refractivity contribution in [2.75, 3.05) is 36.8 Å². The molecule has 2 heterocycles. The highest BCUT2D eigenvalue weighted by Crippen LogP contribution is 2.18. The highest BCUT2D eigenvalue weighted by Gasteiger charge is 2.31. The fourth-order valence-corrected chi connectivity index (χ4v) is 4.31. The largest absolute Gasteiger partial charge is 0.354 e. The van der Waals surface area contributed by atoms with Crippen LogP contribution in [0.3, 0.4) is 0 Å². The maximum atomic E-state index is 12.7. The van der Waals surface area contributed by atoms with E-state index in [9.17, 15) is 18.4 Å². The summed E-state index contributed by atoms with van der Waals surface area (Å²) >= 11 is 5.84. The minimum atomic E-state index is -3.69. The fraction of sp³-hybridized carbons (Fsp3) is 0.529. The normalized spacial score (nSPS) is 16.3. The number of anilines is 1. The van der Waals surface area contributed by atoms with E-state index in [2.05, 4.69) is 16.8 Å². The van der Waals surface area contributed by atoms with Gasteiger partial charge in [-0.05, 0) is 18.6 Å². The number of rotatable bonds is 7. The first kappa shape index (κ1) is 21.4. The summed E-state index contributed by atoms with van der Waals surface area (Å²) in [4.78, 5) is 17.1. The number of amides is 1. The molecule has 10 heteroatoms. The molecule has 1 aliphatic heterocycles. The lowest BCUT2D eigenvalue weighted by Crippen LogP contribution is -2.51. The SMILES string of the molecule is CCCC#CC(CS(=O)(=O)N1CCN(c2ccc(Cl)cn2)CC1)N(O)C=O. The summed E-state index contributed by atoms with van der Waals surface area (Å²) < 4.78 is 26.7. The van der Waals surface area contributed by atoms with Crippen LogP contribution in [0.25, 0.3) is 0 Å². The van der Waals surface area contributed by atoms with Gasteiger partial charge in [0.15, 0.2) is 0 Å². The third kappa shape index (κ3) is 6.07. The highest BCUT2D eigenvalue weighted by molar-refractivity contribution is 7.89. The zero-order chi connectivity index (χ0) is 19.9. The van der Waals surface area contributed by atoms with Gasteiger partial charge in [0, 0.05) is 38.8 Å². The zero-order valence-corrected chi connectivity index (χ0v) is 16.7. The number of carbonyl (C=O) groups is 1. The number of hydrogen-bond acceptors (Lipinski definition) is 6. The average Bonchev–Trinajstić information content (AvgIpc) is 2.67. The van der Waals surface area contributed by atoms with Crippen LogP contribution in [0, 0.1) is 11.8 Å². The lowest BCUT2D eigenvalue weighted by Gasteiger charge is -2.35. The van der Waals surface area contributed by atoms with Crippen molar-refractivity contribution in [3.63, 3.8) is 0 Å². The minimum absolute atomic E-state index is 0.172. The molecule has 1 fully saturated rings. The molecule has 1 aromatic heterocycles. The van der Waals surface area contributed by atoms with Crippen LogP contribution in [0.1, 0.15) is 19.8 Å². The second kappa shape index (κ2) is 9.90. The van der Waals surface area contributed by atoms with Crippen molar-refractivity contribution in [3.8, 4) is 11.8 Å². The lowest BCUT2D eigenvalue weighted by atomic mass is 10.3. The Morgan fingerprint density at radius 3 is 2.63 bits per heavy atom. The average molecular weight is 415 g/mol. The van der Waals surface area contributed by atoms with Crippen LogP contribution in [-0.4, -0.2) is 72.4 Å². The van der Waals surface area contributed by atoms with Crippen molar-refractivity contribution in [2.45, 2.75) is 25.8 Å². The van der Waals surface area contributed by atoms with Gasteiger partial charge < -0.3 is 4.90 Å². The first-order valence-electron chi connectivity index (χ1n) is 8.62. The first-order chi connectivity index (χ1) is 12.9. The molecule has 1 saturated heterocycles. The maximum Gasteiger partial charge on any atom is 0.234 e. The summed E-state index contributed by atoms with van der Waals surface area (Å²) in [5.74, 6) is 5.74. The Morgan fingerprint density at radius 2 is 2.07 bits per heavy atom. The number of aromatic nitrogens is 1. The van der Waals surface area contributed by atoms with Gasteiger partial charge in [0.2, 0.25) is 16.4 Å². The summed E-state index contributed by atoms with van der Waals surface area (Å²) in [5.41, 5.74) is 0. The summed E-state index contributed by atoms with van der Waals surface area (Å²) in [6.07, 6.45) is 3.09. The maximum absolute atomic E-state index is 12.7. The molecule has 1 amide bonds. The molecular weight excluding hydrogens is 392 g/mol. The van der Waals surface area contributed by atoms with Gasteiger partial charge in [0.1, 0.15) is 11.9 Å². The number of nitrogens with zero attached hydrogens (tertiary/aromatic N) is 4. The number of hydroxylamine groups is 2. The predicted octanol–water partition coefficient (Wildman–Crippen LogP) is 1.21. The van der Waals surface area contributed by atoms with Gasteiger partial charge in [-0.1, -0.05) is 24.4 Å². The number of hydrogen-bond donors (Lipinski definition) is 1. The van der Waals surface area contributed by atoms with Gasteiger partial charge in [-0.25, -0.2) is 18.5 Å². The van der Waals surface area contributed by atoms with E-state index in [1.807, 2.05) is 11.8 Å². The second-order valence-corrected chi connectivity index (χ2v) is 8.52. The topological polar surface area (TPSA) is 94.1 Å². The van der Waals surface area contributed by atoms with Crippen LogP contribution in [0.4, 0.5) is 5.82 Å². The van der Waals surface area contributed by atoms with Gasteiger partial charge in [-0.2, -0.15) is 4.31 Å². The molecule has 8 nitrogen and oxygen atoms in total. The molecule has 27 heavy (non-hydrogen) atoms. The predicted molar refractivity (Wildman–Crippen MR) is 103 cm³/mol. The van der Waals surface area contributed by atoms with E-state index < -0.39 is 21.8 Å². The van der Waals surface area contributed by atoms with E-state index in [4.69, 9.17) is 11.6 Å². The molecule has 1 N–H and O–H groups in total. The third-order valence-electron chi connectivity index (χ3n) is 4.11. The number of sulfonamides is 1. The van der Waals surface area contributed by atoms with Crippen molar-refractivity contribution in [3.05, 3.63) is 23.4 Å². The van der Waals surface area contributed by atoms with E-state index in [0.29, 0.717) is 29.6 Å². The number of piperazine rings is 1. The Bertz CT molecular complexity index is 783. The molecule has 2 rings (SSSR count). The molecular formula is C17H23ClN4O4S. The monoisotopic (exact) mass is 414 g/mol. The molecule has 1 aliphatic rings. The summed E-state index contributed by atoms with van der Waals surface area (Å²) in [6.45, 7) is 3.47. The molecule has 0 aromatic carbocycles. The fourth-order valence-electron chi connectivity index (χ4n) is 2.63. The Morgan fingerprint density at radius 1 is 1.37 bits per heavy atom. The quantitative estimate of drug-likeness (QED) is 0.312. The molecule has 0 aliphatic carbocycles. The Hall–Kier alpha value is -1.86. The van der Waals surface area contributed by atoms with E-state index in [1.54, 1.807) is 18.3 Å². The van der Waals surface area contributed by atoms with E-state index >= 15 is 0 Å². The third-order valence-corrected chi connectivity index (χ3v) is 6.22.